The summed E-state index contributed by atoms with van der Waals surface area (Å²) in [4.78, 5) is 21.4. The Bertz CT molecular complexity index is 239. The van der Waals surface area contributed by atoms with Crippen molar-refractivity contribution >= 4 is 20.3 Å². The summed E-state index contributed by atoms with van der Waals surface area (Å²) in [6, 6.07) is 0. The highest BCUT2D eigenvalue weighted by Crippen LogP contribution is 2.08. The number of rotatable bonds is 4. The van der Waals surface area contributed by atoms with E-state index in [0.717, 1.165) is 0 Å². The van der Waals surface area contributed by atoms with E-state index in [0.29, 0.717) is 0 Å². The Kier molecular flexibility index (Phi) is 3.87. The number of hydrogen-bond donors (Lipinski definition) is 1. The zero-order valence-electron chi connectivity index (χ0n) is 8.09. The lowest BCUT2D eigenvalue weighted by Crippen LogP contribution is -2.30. The van der Waals surface area contributed by atoms with Crippen LogP contribution < -0.4 is 0 Å². The lowest BCUT2D eigenvalue weighted by atomic mass is 10.2. The predicted octanol–water partition coefficient (Wildman–Crippen LogP) is 1.40. The van der Waals surface area contributed by atoms with E-state index in [1.54, 1.807) is 0 Å². The number of carbonyl (C=O) groups excluding carboxylic acids is 1. The van der Waals surface area contributed by atoms with Gasteiger partial charge in [0.05, 0.1) is 6.42 Å². The van der Waals surface area contributed by atoms with Crippen LogP contribution >= 0.6 is 0 Å². The molecule has 0 spiro atoms. The monoisotopic (exact) mass is 202 g/mol. The standard InChI is InChI=1S/C8H14O4Si/c1-6(5-7(9)10)8(11)12-13(2,3)4/h1,5H2,2-4H3,(H,9,10). The molecular weight excluding hydrogens is 188 g/mol. The van der Waals surface area contributed by atoms with Crippen LogP contribution in [-0.2, 0) is 14.0 Å². The van der Waals surface area contributed by atoms with E-state index in [9.17, 15) is 9.59 Å². The topological polar surface area (TPSA) is 63.6 Å². The first-order valence-electron chi connectivity index (χ1n) is 3.85. The number of carboxylic acids is 1. The normalized spacial score (nSPS) is 10.7. The van der Waals surface area contributed by atoms with E-state index in [2.05, 4.69) is 6.58 Å². The average molecular weight is 202 g/mol. The van der Waals surface area contributed by atoms with E-state index in [4.69, 9.17) is 9.53 Å². The molecule has 0 atom stereocenters. The van der Waals surface area contributed by atoms with Crippen LogP contribution in [0.4, 0.5) is 0 Å². The van der Waals surface area contributed by atoms with Crippen LogP contribution in [0.25, 0.3) is 0 Å². The molecule has 5 heteroatoms. The van der Waals surface area contributed by atoms with Gasteiger partial charge in [-0.3, -0.25) is 4.79 Å². The highest BCUT2D eigenvalue weighted by Gasteiger charge is 2.22. The van der Waals surface area contributed by atoms with Crippen LogP contribution in [0.15, 0.2) is 12.2 Å². The zero-order chi connectivity index (χ0) is 10.6. The van der Waals surface area contributed by atoms with Crippen molar-refractivity contribution < 1.29 is 19.1 Å². The fraction of sp³-hybridized carbons (Fsp3) is 0.500. The number of carboxylic acid groups (broad SMARTS) is 1. The maximum Gasteiger partial charge on any atom is 0.320 e. The molecule has 4 nitrogen and oxygen atoms in total. The molecule has 0 saturated heterocycles. The van der Waals surface area contributed by atoms with E-state index >= 15 is 0 Å². The first-order chi connectivity index (χ1) is 5.72. The molecular formula is C8H14O4Si. The van der Waals surface area contributed by atoms with Gasteiger partial charge in [-0.1, -0.05) is 6.58 Å². The summed E-state index contributed by atoms with van der Waals surface area (Å²) in [5.74, 6) is -1.67. The van der Waals surface area contributed by atoms with Gasteiger partial charge in [-0.25, -0.2) is 4.79 Å². The summed E-state index contributed by atoms with van der Waals surface area (Å²) in [5, 5.41) is 8.37. The molecule has 0 rings (SSSR count). The molecule has 0 aliphatic heterocycles. The molecule has 0 heterocycles. The largest absolute Gasteiger partial charge is 0.517 e. The third-order valence-electron chi connectivity index (χ3n) is 1.05. The van der Waals surface area contributed by atoms with E-state index in [1.165, 1.54) is 0 Å². The first-order valence-corrected chi connectivity index (χ1v) is 7.26. The maximum absolute atomic E-state index is 11.1. The third kappa shape index (κ3) is 6.09. The van der Waals surface area contributed by atoms with Crippen molar-refractivity contribution in [2.75, 3.05) is 0 Å². The molecule has 0 aliphatic rings. The molecule has 0 fully saturated rings. The molecule has 0 aromatic carbocycles. The highest BCUT2D eigenvalue weighted by molar-refractivity contribution is 6.71. The van der Waals surface area contributed by atoms with E-state index in [1.807, 2.05) is 19.6 Å². The van der Waals surface area contributed by atoms with Crippen molar-refractivity contribution in [2.24, 2.45) is 0 Å². The molecule has 0 amide bonds. The van der Waals surface area contributed by atoms with Gasteiger partial charge in [0.2, 0.25) is 8.32 Å². The molecule has 0 aliphatic carbocycles. The van der Waals surface area contributed by atoms with Crippen molar-refractivity contribution in [1.29, 1.82) is 0 Å². The van der Waals surface area contributed by atoms with Crippen LogP contribution in [0, 0.1) is 0 Å². The summed E-state index contributed by atoms with van der Waals surface area (Å²) in [6.07, 6.45) is -0.358. The molecule has 0 saturated carbocycles. The molecule has 0 aromatic rings. The third-order valence-corrected chi connectivity index (χ3v) is 1.85. The van der Waals surface area contributed by atoms with Gasteiger partial charge in [0.25, 0.3) is 0 Å². The fourth-order valence-electron chi connectivity index (χ4n) is 0.605. The molecule has 74 valence electrons. The smallest absolute Gasteiger partial charge is 0.320 e. The van der Waals surface area contributed by atoms with Gasteiger partial charge in [0, 0.05) is 5.57 Å². The van der Waals surface area contributed by atoms with Crippen molar-refractivity contribution in [3.05, 3.63) is 12.2 Å². The lowest BCUT2D eigenvalue weighted by Gasteiger charge is -2.17. The highest BCUT2D eigenvalue weighted by atomic mass is 28.4. The van der Waals surface area contributed by atoms with Crippen molar-refractivity contribution in [3.63, 3.8) is 0 Å². The average Bonchev–Trinajstić information content (AvgIpc) is 1.81. The minimum absolute atomic E-state index is 0.00470. The van der Waals surface area contributed by atoms with Crippen molar-refractivity contribution in [1.82, 2.24) is 0 Å². The fourth-order valence-corrected chi connectivity index (χ4v) is 1.31. The lowest BCUT2D eigenvalue weighted by molar-refractivity contribution is -0.139. The minimum atomic E-state index is -1.94. The van der Waals surface area contributed by atoms with Crippen LogP contribution in [-0.4, -0.2) is 25.4 Å². The van der Waals surface area contributed by atoms with Crippen molar-refractivity contribution in [2.45, 2.75) is 26.1 Å². The maximum atomic E-state index is 11.1. The quantitative estimate of drug-likeness (QED) is 0.553. The Balaban J connectivity index is 4.13. The molecule has 0 radical (unpaired) electrons. The Morgan fingerprint density at radius 1 is 1.38 bits per heavy atom. The second-order valence-corrected chi connectivity index (χ2v) is 8.10. The van der Waals surface area contributed by atoms with Gasteiger partial charge in [-0.15, -0.1) is 0 Å². The minimum Gasteiger partial charge on any atom is -0.517 e. The van der Waals surface area contributed by atoms with Crippen LogP contribution in [0.5, 0.6) is 0 Å². The van der Waals surface area contributed by atoms with Gasteiger partial charge in [0.15, 0.2) is 0 Å². The summed E-state index contributed by atoms with van der Waals surface area (Å²) in [7, 11) is -1.94. The summed E-state index contributed by atoms with van der Waals surface area (Å²) in [6.45, 7) is 8.88. The molecule has 0 unspecified atom stereocenters. The van der Waals surface area contributed by atoms with Gasteiger partial charge in [0.1, 0.15) is 0 Å². The summed E-state index contributed by atoms with van der Waals surface area (Å²) in [5.41, 5.74) is -0.00470. The van der Waals surface area contributed by atoms with Crippen molar-refractivity contribution in [3.8, 4) is 0 Å². The number of hydrogen-bond acceptors (Lipinski definition) is 3. The zero-order valence-corrected chi connectivity index (χ0v) is 9.09. The second-order valence-electron chi connectivity index (χ2n) is 3.68. The van der Waals surface area contributed by atoms with Gasteiger partial charge < -0.3 is 9.53 Å². The number of aliphatic carboxylic acids is 1. The van der Waals surface area contributed by atoms with Crippen LogP contribution in [0.1, 0.15) is 6.42 Å². The van der Waals surface area contributed by atoms with Gasteiger partial charge in [-0.2, -0.15) is 0 Å². The molecule has 13 heavy (non-hydrogen) atoms. The Labute approximate surface area is 78.3 Å². The molecule has 0 aromatic heterocycles. The predicted molar refractivity (Wildman–Crippen MR) is 50.8 cm³/mol. The molecule has 0 bridgehead atoms. The molecule has 1 N–H and O–H groups in total. The first kappa shape index (κ1) is 11.9. The van der Waals surface area contributed by atoms with E-state index in [-0.39, 0.29) is 12.0 Å². The van der Waals surface area contributed by atoms with Crippen LogP contribution in [0.2, 0.25) is 19.6 Å². The van der Waals surface area contributed by atoms with Crippen LogP contribution in [0.3, 0.4) is 0 Å². The van der Waals surface area contributed by atoms with Gasteiger partial charge in [-0.05, 0) is 19.6 Å². The summed E-state index contributed by atoms with van der Waals surface area (Å²) >= 11 is 0. The number of carbonyl (C=O) groups is 2. The van der Waals surface area contributed by atoms with E-state index < -0.39 is 20.3 Å². The second kappa shape index (κ2) is 4.22. The Hall–Kier alpha value is -1.10. The van der Waals surface area contributed by atoms with Gasteiger partial charge >= 0.3 is 11.9 Å². The Morgan fingerprint density at radius 3 is 2.15 bits per heavy atom. The summed E-state index contributed by atoms with van der Waals surface area (Å²) < 4.78 is 5.04. The Morgan fingerprint density at radius 2 is 1.85 bits per heavy atom. The SMILES string of the molecule is C=C(CC(=O)O)C(=O)O[Si](C)(C)C.